The van der Waals surface area contributed by atoms with Gasteiger partial charge in [0, 0.05) is 30.4 Å². The number of hydrogen-bond acceptors (Lipinski definition) is 5. The van der Waals surface area contributed by atoms with E-state index in [-0.39, 0.29) is 11.7 Å². The van der Waals surface area contributed by atoms with Crippen LogP contribution in [-0.4, -0.2) is 50.2 Å². The number of hydrogen-bond donors (Lipinski definition) is 0. The average molecular weight is 479 g/mol. The molecule has 0 saturated carbocycles. The van der Waals surface area contributed by atoms with Gasteiger partial charge in [-0.1, -0.05) is 39.0 Å². The Balaban J connectivity index is 2.55. The van der Waals surface area contributed by atoms with Crippen LogP contribution < -0.4 is 9.47 Å². The van der Waals surface area contributed by atoms with Crippen LogP contribution in [0.1, 0.15) is 59.9 Å². The first-order valence-electron chi connectivity index (χ1n) is 12.6. The van der Waals surface area contributed by atoms with E-state index < -0.39 is 0 Å². The van der Waals surface area contributed by atoms with Crippen LogP contribution in [0, 0.1) is 5.92 Å². The van der Waals surface area contributed by atoms with Crippen molar-refractivity contribution in [2.75, 3.05) is 33.9 Å². The van der Waals surface area contributed by atoms with E-state index in [1.807, 2.05) is 18.2 Å². The molecule has 1 aromatic rings. The highest BCUT2D eigenvalue weighted by atomic mass is 16.5. The fourth-order valence-corrected chi connectivity index (χ4v) is 4.21. The lowest BCUT2D eigenvalue weighted by atomic mass is 9.92. The van der Waals surface area contributed by atoms with E-state index in [1.54, 1.807) is 27.2 Å². The molecule has 0 aliphatic carbocycles. The van der Waals surface area contributed by atoms with Crippen LogP contribution in [0.2, 0.25) is 0 Å². The van der Waals surface area contributed by atoms with Gasteiger partial charge in [-0.25, -0.2) is 0 Å². The molecule has 1 heterocycles. The first-order valence-corrected chi connectivity index (χ1v) is 12.6. The molecule has 0 radical (unpaired) electrons. The summed E-state index contributed by atoms with van der Waals surface area (Å²) >= 11 is 0. The summed E-state index contributed by atoms with van der Waals surface area (Å²) in [5.74, 6) is 1.43. The Morgan fingerprint density at radius 1 is 1.14 bits per heavy atom. The molecule has 0 fully saturated rings. The van der Waals surface area contributed by atoms with Gasteiger partial charge in [0.1, 0.15) is 0 Å². The molecular formula is C30H42N2O3. The molecule has 0 spiro atoms. The summed E-state index contributed by atoms with van der Waals surface area (Å²) in [4.78, 5) is 19.7. The zero-order chi connectivity index (χ0) is 26.0. The lowest BCUT2D eigenvalue weighted by Crippen LogP contribution is -2.28. The topological polar surface area (TPSA) is 51.1 Å². The number of carbonyl (C=O) groups excluding carboxylic acids is 1. The van der Waals surface area contributed by atoms with Crippen molar-refractivity contribution in [3.63, 3.8) is 0 Å². The quantitative estimate of drug-likeness (QED) is 0.203. The highest BCUT2D eigenvalue weighted by Crippen LogP contribution is 2.32. The Morgan fingerprint density at radius 3 is 2.37 bits per heavy atom. The summed E-state index contributed by atoms with van der Waals surface area (Å²) in [6.45, 7) is 15.5. The van der Waals surface area contributed by atoms with Gasteiger partial charge in [0.2, 0.25) is 0 Å². The van der Waals surface area contributed by atoms with Crippen molar-refractivity contribution in [2.24, 2.45) is 10.9 Å². The lowest BCUT2D eigenvalue weighted by Gasteiger charge is -2.25. The van der Waals surface area contributed by atoms with Crippen molar-refractivity contribution in [2.45, 2.75) is 54.4 Å². The molecule has 1 atom stereocenters. The number of benzene rings is 1. The number of ether oxygens (including phenoxy) is 2. The molecule has 0 amide bonds. The molecule has 0 bridgehead atoms. The average Bonchev–Trinajstić information content (AvgIpc) is 2.88. The van der Waals surface area contributed by atoms with E-state index in [4.69, 9.17) is 14.5 Å². The van der Waals surface area contributed by atoms with Gasteiger partial charge < -0.3 is 9.47 Å². The lowest BCUT2D eigenvalue weighted by molar-refractivity contribution is -0.112. The van der Waals surface area contributed by atoms with E-state index in [1.165, 1.54) is 11.1 Å². The first kappa shape index (κ1) is 28.3. The van der Waals surface area contributed by atoms with Crippen molar-refractivity contribution < 1.29 is 14.3 Å². The van der Waals surface area contributed by atoms with Crippen LogP contribution in [-0.2, 0) is 4.79 Å². The number of carbonyl (C=O) groups is 1. The molecule has 5 nitrogen and oxygen atoms in total. The van der Waals surface area contributed by atoms with E-state index in [2.05, 4.69) is 57.7 Å². The third-order valence-electron chi connectivity index (χ3n) is 6.54. The number of rotatable bonds is 11. The molecule has 0 N–H and O–H groups in total. The van der Waals surface area contributed by atoms with E-state index in [0.29, 0.717) is 17.2 Å². The van der Waals surface area contributed by atoms with Crippen molar-refractivity contribution >= 4 is 17.2 Å². The Kier molecular flexibility index (Phi) is 11.2. The Morgan fingerprint density at radius 2 is 1.86 bits per heavy atom. The zero-order valence-electron chi connectivity index (χ0n) is 22.8. The minimum absolute atomic E-state index is 0.0503. The molecule has 1 aromatic carbocycles. The smallest absolute Gasteiger partial charge is 0.161 e. The largest absolute Gasteiger partial charge is 0.493 e. The second kappa shape index (κ2) is 13.8. The molecule has 1 unspecified atom stereocenters. The monoisotopic (exact) mass is 478 g/mol. The Labute approximate surface area is 211 Å². The minimum atomic E-state index is -0.0503. The van der Waals surface area contributed by atoms with Gasteiger partial charge in [-0.3, -0.25) is 14.7 Å². The predicted molar refractivity (Wildman–Crippen MR) is 147 cm³/mol. The van der Waals surface area contributed by atoms with Gasteiger partial charge in [-0.05, 0) is 81.0 Å². The van der Waals surface area contributed by atoms with Crippen molar-refractivity contribution in [1.82, 2.24) is 4.90 Å². The van der Waals surface area contributed by atoms with Gasteiger partial charge in [-0.15, -0.1) is 0 Å². The molecule has 5 heteroatoms. The number of aliphatic imine (C=N–C) groups is 1. The summed E-state index contributed by atoms with van der Waals surface area (Å²) < 4.78 is 10.9. The van der Waals surface area contributed by atoms with Gasteiger partial charge in [0.25, 0.3) is 0 Å². The maximum atomic E-state index is 12.1. The molecule has 1 aliphatic heterocycles. The van der Waals surface area contributed by atoms with Crippen LogP contribution in [0.25, 0.3) is 5.70 Å². The van der Waals surface area contributed by atoms with Gasteiger partial charge >= 0.3 is 0 Å². The predicted octanol–water partition coefficient (Wildman–Crippen LogP) is 6.67. The second-order valence-electron chi connectivity index (χ2n) is 8.96. The highest BCUT2D eigenvalue weighted by molar-refractivity contribution is 6.06. The van der Waals surface area contributed by atoms with E-state index in [0.717, 1.165) is 49.3 Å². The molecule has 0 aromatic heterocycles. The molecule has 0 saturated heterocycles. The van der Waals surface area contributed by atoms with E-state index >= 15 is 0 Å². The number of allylic oxidation sites excluding steroid dienone is 5. The Bertz CT molecular complexity index is 1040. The number of likely N-dealkylation sites (N-methyl/N-ethyl adjacent to an activating group) is 1. The summed E-state index contributed by atoms with van der Waals surface area (Å²) in [7, 11) is 3.21. The van der Waals surface area contributed by atoms with Crippen LogP contribution >= 0.6 is 0 Å². The summed E-state index contributed by atoms with van der Waals surface area (Å²) in [6, 6.07) is 5.63. The van der Waals surface area contributed by atoms with Crippen molar-refractivity contribution in [3.05, 3.63) is 64.8 Å². The summed E-state index contributed by atoms with van der Waals surface area (Å²) in [6.07, 6.45) is 10.4. The third-order valence-corrected chi connectivity index (χ3v) is 6.54. The molecule has 2 rings (SSSR count). The SMILES string of the molecule is C\C=C(/C=C(C)\C(=N\C(=C/C(C)=O)c1ccc(OC)c(OC)c1)C(C)CC)C1=CCN(CC)CC1. The fraction of sp³-hybridized carbons (Fsp3) is 0.467. The van der Waals surface area contributed by atoms with Crippen molar-refractivity contribution in [1.29, 1.82) is 0 Å². The second-order valence-corrected chi connectivity index (χ2v) is 8.96. The van der Waals surface area contributed by atoms with Gasteiger partial charge in [0.05, 0.1) is 19.9 Å². The minimum Gasteiger partial charge on any atom is -0.493 e. The highest BCUT2D eigenvalue weighted by Gasteiger charge is 2.17. The van der Waals surface area contributed by atoms with Crippen LogP contribution in [0.5, 0.6) is 11.5 Å². The maximum Gasteiger partial charge on any atom is 0.161 e. The number of nitrogens with zero attached hydrogens (tertiary/aromatic N) is 2. The number of methoxy groups -OCH3 is 2. The summed E-state index contributed by atoms with van der Waals surface area (Å²) in [5.41, 5.74) is 6.17. The molecular weight excluding hydrogens is 436 g/mol. The fourth-order valence-electron chi connectivity index (χ4n) is 4.21. The van der Waals surface area contributed by atoms with Crippen LogP contribution in [0.15, 0.2) is 64.2 Å². The van der Waals surface area contributed by atoms with Crippen LogP contribution in [0.4, 0.5) is 0 Å². The van der Waals surface area contributed by atoms with Gasteiger partial charge in [-0.2, -0.15) is 0 Å². The Hall–Kier alpha value is -2.92. The molecule has 35 heavy (non-hydrogen) atoms. The van der Waals surface area contributed by atoms with E-state index in [9.17, 15) is 4.79 Å². The van der Waals surface area contributed by atoms with Crippen LogP contribution in [0.3, 0.4) is 0 Å². The first-order chi connectivity index (χ1) is 16.8. The normalized spacial score (nSPS) is 17.2. The molecule has 190 valence electrons. The third kappa shape index (κ3) is 7.79. The molecule has 1 aliphatic rings. The standard InChI is InChI=1S/C30H42N2O3/c1-9-21(4)30(22(5)18-24(10-2)25-14-16-32(11-3)17-15-25)31-27(19-23(6)33)26-12-13-28(34-7)29(20-26)35-8/h10,12-14,18-21H,9,11,15-17H2,1-8H3/b22-18-,24-10+,27-19-,31-30+. The number of ketones is 1. The maximum absolute atomic E-state index is 12.1. The summed E-state index contributed by atoms with van der Waals surface area (Å²) in [5, 5.41) is 0. The van der Waals surface area contributed by atoms with Gasteiger partial charge in [0.15, 0.2) is 17.3 Å². The van der Waals surface area contributed by atoms with Crippen molar-refractivity contribution in [3.8, 4) is 11.5 Å². The zero-order valence-corrected chi connectivity index (χ0v) is 22.8.